The van der Waals surface area contributed by atoms with Gasteiger partial charge in [-0.3, -0.25) is 0 Å². The lowest BCUT2D eigenvalue weighted by Gasteiger charge is -2.20. The molecule has 0 atom stereocenters. The van der Waals surface area contributed by atoms with E-state index < -0.39 is 0 Å². The zero-order valence-corrected chi connectivity index (χ0v) is 15.0. The van der Waals surface area contributed by atoms with Gasteiger partial charge in [0.25, 0.3) is 0 Å². The minimum atomic E-state index is 0.200. The van der Waals surface area contributed by atoms with E-state index in [0.29, 0.717) is 41.2 Å². The van der Waals surface area contributed by atoms with Gasteiger partial charge in [-0.1, -0.05) is 6.07 Å². The van der Waals surface area contributed by atoms with Gasteiger partial charge in [0.1, 0.15) is 29.2 Å². The zero-order chi connectivity index (χ0) is 18.8. The molecule has 3 N–H and O–H groups in total. The van der Waals surface area contributed by atoms with E-state index in [9.17, 15) is 5.11 Å². The number of hydrogen-bond donors (Lipinski definition) is 2. The van der Waals surface area contributed by atoms with Crippen LogP contribution in [0, 0.1) is 25.2 Å². The minimum Gasteiger partial charge on any atom is -0.508 e. The number of benzene rings is 1. The van der Waals surface area contributed by atoms with Gasteiger partial charge in [0.2, 0.25) is 0 Å². The van der Waals surface area contributed by atoms with Crippen LogP contribution in [-0.4, -0.2) is 33.7 Å². The molecule has 0 spiro atoms. The van der Waals surface area contributed by atoms with Gasteiger partial charge < -0.3 is 15.7 Å². The first-order valence-electron chi connectivity index (χ1n) is 8.23. The molecule has 0 saturated carbocycles. The lowest BCUT2D eigenvalue weighted by molar-refractivity contribution is 0.471. The molecule has 7 nitrogen and oxygen atoms in total. The standard InChI is InChI=1S/C19H20N6O/c1-11-5-6-14(26)12(2)16(11)18-17-13(19(21)23-10-22-17)9-15(24-18)25(3)8-4-7-20/h5-6,9-10,26H,4,8H2,1-3H3,(H2,21,22,23). The van der Waals surface area contributed by atoms with Gasteiger partial charge in [-0.05, 0) is 31.5 Å². The SMILES string of the molecule is Cc1ccc(O)c(C)c1-c1nc(N(C)CCC#N)cc2c(N)ncnc12. The summed E-state index contributed by atoms with van der Waals surface area (Å²) in [5, 5.41) is 19.7. The number of aromatic hydroxyl groups is 1. The molecular formula is C19H20N6O. The van der Waals surface area contributed by atoms with Crippen LogP contribution < -0.4 is 10.6 Å². The predicted molar refractivity (Wildman–Crippen MR) is 102 cm³/mol. The van der Waals surface area contributed by atoms with Crippen molar-refractivity contribution >= 4 is 22.5 Å². The molecule has 2 heterocycles. The second-order valence-electron chi connectivity index (χ2n) is 6.22. The maximum absolute atomic E-state index is 10.2. The van der Waals surface area contributed by atoms with Gasteiger partial charge in [0.15, 0.2) is 0 Å². The molecule has 0 bridgehead atoms. The zero-order valence-electron chi connectivity index (χ0n) is 15.0. The van der Waals surface area contributed by atoms with Crippen molar-refractivity contribution in [3.63, 3.8) is 0 Å². The summed E-state index contributed by atoms with van der Waals surface area (Å²) in [4.78, 5) is 15.2. The van der Waals surface area contributed by atoms with Crippen LogP contribution in [0.1, 0.15) is 17.5 Å². The van der Waals surface area contributed by atoms with E-state index in [0.717, 1.165) is 16.7 Å². The molecule has 0 saturated heterocycles. The first-order valence-corrected chi connectivity index (χ1v) is 8.23. The molecule has 132 valence electrons. The van der Waals surface area contributed by atoms with E-state index in [4.69, 9.17) is 16.0 Å². The molecule has 2 aromatic heterocycles. The number of nitriles is 1. The lowest BCUT2D eigenvalue weighted by Crippen LogP contribution is -2.19. The maximum atomic E-state index is 10.2. The summed E-state index contributed by atoms with van der Waals surface area (Å²) >= 11 is 0. The summed E-state index contributed by atoms with van der Waals surface area (Å²) < 4.78 is 0. The Kier molecular flexibility index (Phi) is 4.59. The molecule has 7 heteroatoms. The van der Waals surface area contributed by atoms with Crippen LogP contribution >= 0.6 is 0 Å². The highest BCUT2D eigenvalue weighted by Gasteiger charge is 2.18. The third kappa shape index (κ3) is 2.97. The molecule has 3 aromatic rings. The molecule has 3 rings (SSSR count). The number of nitrogens with zero attached hydrogens (tertiary/aromatic N) is 5. The molecule has 26 heavy (non-hydrogen) atoms. The Morgan fingerprint density at radius 2 is 2.04 bits per heavy atom. The van der Waals surface area contributed by atoms with Crippen molar-refractivity contribution in [2.75, 3.05) is 24.2 Å². The lowest BCUT2D eigenvalue weighted by atomic mass is 9.97. The average molecular weight is 348 g/mol. The van der Waals surface area contributed by atoms with Crippen LogP contribution in [0.5, 0.6) is 5.75 Å². The summed E-state index contributed by atoms with van der Waals surface area (Å²) in [6.07, 6.45) is 1.80. The second kappa shape index (κ2) is 6.84. The van der Waals surface area contributed by atoms with Gasteiger partial charge in [0.05, 0.1) is 18.2 Å². The van der Waals surface area contributed by atoms with Crippen molar-refractivity contribution < 1.29 is 5.11 Å². The fourth-order valence-corrected chi connectivity index (χ4v) is 2.97. The van der Waals surface area contributed by atoms with Crippen molar-refractivity contribution in [2.24, 2.45) is 0 Å². The number of nitrogen functional groups attached to an aromatic ring is 1. The normalized spacial score (nSPS) is 10.7. The number of rotatable bonds is 4. The highest BCUT2D eigenvalue weighted by molar-refractivity contribution is 5.99. The topological polar surface area (TPSA) is 112 Å². The Morgan fingerprint density at radius 3 is 2.77 bits per heavy atom. The number of pyridine rings is 1. The van der Waals surface area contributed by atoms with E-state index in [2.05, 4.69) is 16.0 Å². The third-order valence-electron chi connectivity index (χ3n) is 4.47. The number of nitrogens with two attached hydrogens (primary N) is 1. The summed E-state index contributed by atoms with van der Waals surface area (Å²) in [5.74, 6) is 1.24. The van der Waals surface area contributed by atoms with Crippen molar-refractivity contribution in [3.05, 3.63) is 35.7 Å². The summed E-state index contributed by atoms with van der Waals surface area (Å²) in [7, 11) is 1.87. The van der Waals surface area contributed by atoms with Crippen LogP contribution in [-0.2, 0) is 0 Å². The first-order chi connectivity index (χ1) is 12.4. The number of aromatic nitrogens is 3. The summed E-state index contributed by atoms with van der Waals surface area (Å²) in [6, 6.07) is 7.49. The Morgan fingerprint density at radius 1 is 1.27 bits per heavy atom. The predicted octanol–water partition coefficient (Wildman–Crippen LogP) is 2.95. The molecule has 0 fully saturated rings. The molecule has 0 unspecified atom stereocenters. The van der Waals surface area contributed by atoms with Crippen molar-refractivity contribution in [1.82, 2.24) is 15.0 Å². The van der Waals surface area contributed by atoms with Gasteiger partial charge in [-0.25, -0.2) is 15.0 Å². The number of aryl methyl sites for hydroxylation is 1. The van der Waals surface area contributed by atoms with E-state index >= 15 is 0 Å². The Balaban J connectivity index is 2.33. The Hall–Kier alpha value is -3.40. The van der Waals surface area contributed by atoms with Crippen LogP contribution in [0.4, 0.5) is 11.6 Å². The first kappa shape index (κ1) is 17.4. The van der Waals surface area contributed by atoms with Crippen molar-refractivity contribution in [3.8, 4) is 23.1 Å². The number of fused-ring (bicyclic) bond motifs is 1. The molecule has 0 amide bonds. The highest BCUT2D eigenvalue weighted by atomic mass is 16.3. The van der Waals surface area contributed by atoms with Crippen LogP contribution in [0.15, 0.2) is 24.5 Å². The van der Waals surface area contributed by atoms with Crippen molar-refractivity contribution in [1.29, 1.82) is 5.26 Å². The van der Waals surface area contributed by atoms with Crippen LogP contribution in [0.2, 0.25) is 0 Å². The molecule has 0 aliphatic heterocycles. The van der Waals surface area contributed by atoms with E-state index in [1.165, 1.54) is 6.33 Å². The molecule has 1 aromatic carbocycles. The number of anilines is 2. The summed E-state index contributed by atoms with van der Waals surface area (Å²) in [5.41, 5.74) is 9.88. The quantitative estimate of drug-likeness (QED) is 0.745. The van der Waals surface area contributed by atoms with Gasteiger partial charge in [-0.15, -0.1) is 0 Å². The van der Waals surface area contributed by atoms with E-state index in [1.54, 1.807) is 6.07 Å². The third-order valence-corrected chi connectivity index (χ3v) is 4.47. The fourth-order valence-electron chi connectivity index (χ4n) is 2.97. The highest BCUT2D eigenvalue weighted by Crippen LogP contribution is 2.37. The summed E-state index contributed by atoms with van der Waals surface area (Å²) in [6.45, 7) is 4.35. The average Bonchev–Trinajstić information content (AvgIpc) is 2.63. The van der Waals surface area contributed by atoms with E-state index in [1.807, 2.05) is 37.9 Å². The maximum Gasteiger partial charge on any atom is 0.134 e. The molecular weight excluding hydrogens is 328 g/mol. The van der Waals surface area contributed by atoms with Gasteiger partial charge in [0, 0.05) is 30.1 Å². The molecule has 0 aliphatic carbocycles. The number of phenols is 1. The number of hydrogen-bond acceptors (Lipinski definition) is 7. The number of phenolic OH excluding ortho intramolecular Hbond substituents is 1. The van der Waals surface area contributed by atoms with Gasteiger partial charge >= 0.3 is 0 Å². The fraction of sp³-hybridized carbons (Fsp3) is 0.263. The Bertz CT molecular complexity index is 1020. The monoisotopic (exact) mass is 348 g/mol. The van der Waals surface area contributed by atoms with Crippen LogP contribution in [0.3, 0.4) is 0 Å². The van der Waals surface area contributed by atoms with E-state index in [-0.39, 0.29) is 5.75 Å². The second-order valence-corrected chi connectivity index (χ2v) is 6.22. The smallest absolute Gasteiger partial charge is 0.134 e. The van der Waals surface area contributed by atoms with Gasteiger partial charge in [-0.2, -0.15) is 5.26 Å². The molecule has 0 radical (unpaired) electrons. The Labute approximate surface area is 151 Å². The molecule has 0 aliphatic rings. The van der Waals surface area contributed by atoms with Crippen molar-refractivity contribution in [2.45, 2.75) is 20.3 Å². The minimum absolute atomic E-state index is 0.200. The largest absolute Gasteiger partial charge is 0.508 e. The van der Waals surface area contributed by atoms with Crippen LogP contribution in [0.25, 0.3) is 22.2 Å².